The number of hydrogen-bond acceptors (Lipinski definition) is 2. The first kappa shape index (κ1) is 11.5. The lowest BCUT2D eigenvalue weighted by Gasteiger charge is -2.20. The highest BCUT2D eigenvalue weighted by Gasteiger charge is 2.18. The van der Waals surface area contributed by atoms with Gasteiger partial charge in [-0.2, -0.15) is 0 Å². The molecule has 0 aliphatic heterocycles. The minimum atomic E-state index is -0.407. The minimum absolute atomic E-state index is 0.407. The van der Waals surface area contributed by atoms with Gasteiger partial charge in [0.05, 0.1) is 0 Å². The van der Waals surface area contributed by atoms with Crippen LogP contribution in [0.25, 0.3) is 0 Å². The second-order valence-corrected chi connectivity index (χ2v) is 4.70. The number of carbonyl (C=O) groups is 1. The largest absolute Gasteiger partial charge is 0.412 e. The highest BCUT2D eigenvalue weighted by atomic mass is 79.9. The summed E-state index contributed by atoms with van der Waals surface area (Å²) in [7, 11) is 1.56. The number of benzene rings is 1. The molecule has 1 amide bonds. The van der Waals surface area contributed by atoms with Gasteiger partial charge in [0.2, 0.25) is 0 Å². The summed E-state index contributed by atoms with van der Waals surface area (Å²) < 4.78 is 6.36. The van der Waals surface area contributed by atoms with Crippen molar-refractivity contribution in [2.24, 2.45) is 0 Å². The Kier molecular flexibility index (Phi) is 3.49. The summed E-state index contributed by atoms with van der Waals surface area (Å²) in [5, 5.41) is 2.46. The average Bonchev–Trinajstić information content (AvgIpc) is 2.33. The van der Waals surface area contributed by atoms with E-state index >= 15 is 0 Å². The van der Waals surface area contributed by atoms with Crippen LogP contribution >= 0.6 is 15.9 Å². The molecule has 16 heavy (non-hydrogen) atoms. The molecule has 1 N–H and O–H groups in total. The van der Waals surface area contributed by atoms with Gasteiger partial charge in [-0.1, -0.05) is 15.9 Å². The fraction of sp³-hybridized carbons (Fsp3) is 0.417. The SMILES string of the molecule is CNC(=O)Oc1ccc(Br)c2c1CCCC2. The molecule has 0 atom stereocenters. The second-order valence-electron chi connectivity index (χ2n) is 3.85. The normalized spacial score (nSPS) is 14.1. The number of halogens is 1. The number of nitrogens with one attached hydrogen (secondary N) is 1. The minimum Gasteiger partial charge on any atom is -0.410 e. The summed E-state index contributed by atoms with van der Waals surface area (Å²) >= 11 is 3.54. The smallest absolute Gasteiger partial charge is 0.410 e. The Bertz CT molecular complexity index is 418. The third-order valence-electron chi connectivity index (χ3n) is 2.84. The molecule has 0 fully saturated rings. The molecular formula is C12H14BrNO2. The van der Waals surface area contributed by atoms with E-state index in [0.717, 1.165) is 23.7 Å². The Morgan fingerprint density at radius 1 is 1.31 bits per heavy atom. The molecule has 0 aromatic heterocycles. The van der Waals surface area contributed by atoms with Crippen molar-refractivity contribution in [3.8, 4) is 5.75 Å². The van der Waals surface area contributed by atoms with E-state index < -0.39 is 6.09 Å². The zero-order chi connectivity index (χ0) is 11.5. The van der Waals surface area contributed by atoms with Gasteiger partial charge in [-0.3, -0.25) is 0 Å². The van der Waals surface area contributed by atoms with E-state index in [9.17, 15) is 4.79 Å². The molecule has 0 heterocycles. The first-order valence-corrected chi connectivity index (χ1v) is 6.21. The standard InChI is InChI=1S/C12H14BrNO2/c1-14-12(15)16-11-7-6-10(13)8-4-2-3-5-9(8)11/h6-7H,2-5H2,1H3,(H,14,15). The quantitative estimate of drug-likeness (QED) is 0.860. The van der Waals surface area contributed by atoms with Crippen LogP contribution < -0.4 is 10.1 Å². The third kappa shape index (κ3) is 2.21. The molecule has 1 aromatic carbocycles. The van der Waals surface area contributed by atoms with Crippen LogP contribution in [-0.2, 0) is 12.8 Å². The van der Waals surface area contributed by atoms with Gasteiger partial charge in [0, 0.05) is 11.5 Å². The van der Waals surface area contributed by atoms with Gasteiger partial charge >= 0.3 is 6.09 Å². The average molecular weight is 284 g/mol. The van der Waals surface area contributed by atoms with E-state index in [0.29, 0.717) is 5.75 Å². The maximum atomic E-state index is 11.2. The molecule has 4 heteroatoms. The number of ether oxygens (including phenoxy) is 1. The summed E-state index contributed by atoms with van der Waals surface area (Å²) in [6.07, 6.45) is 4.00. The van der Waals surface area contributed by atoms with Gasteiger partial charge in [0.15, 0.2) is 0 Å². The Morgan fingerprint density at radius 2 is 2.00 bits per heavy atom. The Balaban J connectivity index is 2.35. The maximum Gasteiger partial charge on any atom is 0.412 e. The zero-order valence-corrected chi connectivity index (χ0v) is 10.8. The molecule has 0 saturated heterocycles. The summed E-state index contributed by atoms with van der Waals surface area (Å²) in [5.41, 5.74) is 2.46. The molecular weight excluding hydrogens is 270 g/mol. The van der Waals surface area contributed by atoms with Crippen molar-refractivity contribution in [2.75, 3.05) is 7.05 Å². The van der Waals surface area contributed by atoms with Gasteiger partial charge in [-0.05, 0) is 48.9 Å². The topological polar surface area (TPSA) is 38.3 Å². The number of rotatable bonds is 1. The Labute approximate surface area is 103 Å². The Hall–Kier alpha value is -1.03. The first-order valence-electron chi connectivity index (χ1n) is 5.42. The fourth-order valence-electron chi connectivity index (χ4n) is 2.04. The van der Waals surface area contributed by atoms with Crippen LogP contribution in [0.4, 0.5) is 4.79 Å². The lowest BCUT2D eigenvalue weighted by atomic mass is 9.91. The molecule has 0 bridgehead atoms. The molecule has 0 spiro atoms. The number of carbonyl (C=O) groups excluding carboxylic acids is 1. The molecule has 0 radical (unpaired) electrons. The van der Waals surface area contributed by atoms with E-state index in [1.54, 1.807) is 7.05 Å². The second kappa shape index (κ2) is 4.87. The van der Waals surface area contributed by atoms with Crippen molar-refractivity contribution in [3.63, 3.8) is 0 Å². The van der Waals surface area contributed by atoms with E-state index in [4.69, 9.17) is 4.74 Å². The highest BCUT2D eigenvalue weighted by Crippen LogP contribution is 2.34. The van der Waals surface area contributed by atoms with E-state index in [1.807, 2.05) is 12.1 Å². The lowest BCUT2D eigenvalue weighted by molar-refractivity contribution is 0.202. The van der Waals surface area contributed by atoms with Gasteiger partial charge in [0.25, 0.3) is 0 Å². The van der Waals surface area contributed by atoms with Crippen LogP contribution in [0.3, 0.4) is 0 Å². The molecule has 2 rings (SSSR count). The van der Waals surface area contributed by atoms with Crippen LogP contribution in [-0.4, -0.2) is 13.1 Å². The van der Waals surface area contributed by atoms with Crippen molar-refractivity contribution in [1.29, 1.82) is 0 Å². The van der Waals surface area contributed by atoms with Gasteiger partial charge in [0.1, 0.15) is 5.75 Å². The van der Waals surface area contributed by atoms with Gasteiger partial charge in [-0.15, -0.1) is 0 Å². The van der Waals surface area contributed by atoms with Crippen LogP contribution in [0.1, 0.15) is 24.0 Å². The molecule has 86 valence electrons. The molecule has 1 aliphatic carbocycles. The van der Waals surface area contributed by atoms with Crippen molar-refractivity contribution < 1.29 is 9.53 Å². The summed E-state index contributed by atoms with van der Waals surface area (Å²) in [5.74, 6) is 0.692. The molecule has 1 aromatic rings. The predicted molar refractivity (Wildman–Crippen MR) is 65.9 cm³/mol. The van der Waals surface area contributed by atoms with E-state index in [-0.39, 0.29) is 0 Å². The van der Waals surface area contributed by atoms with Crippen LogP contribution in [0.5, 0.6) is 5.75 Å². The third-order valence-corrected chi connectivity index (χ3v) is 3.58. The number of amides is 1. The molecule has 1 aliphatic rings. The first-order chi connectivity index (χ1) is 7.72. The lowest BCUT2D eigenvalue weighted by Crippen LogP contribution is -2.23. The van der Waals surface area contributed by atoms with Crippen LogP contribution in [0.2, 0.25) is 0 Å². The monoisotopic (exact) mass is 283 g/mol. The van der Waals surface area contributed by atoms with Gasteiger partial charge < -0.3 is 10.1 Å². The van der Waals surface area contributed by atoms with E-state index in [1.165, 1.54) is 17.5 Å². The summed E-state index contributed by atoms with van der Waals surface area (Å²) in [6, 6.07) is 3.80. The van der Waals surface area contributed by atoms with Crippen LogP contribution in [0.15, 0.2) is 16.6 Å². The van der Waals surface area contributed by atoms with Crippen molar-refractivity contribution >= 4 is 22.0 Å². The fourth-order valence-corrected chi connectivity index (χ4v) is 2.61. The highest BCUT2D eigenvalue weighted by molar-refractivity contribution is 9.10. The van der Waals surface area contributed by atoms with Crippen molar-refractivity contribution in [3.05, 3.63) is 27.7 Å². The maximum absolute atomic E-state index is 11.2. The zero-order valence-electron chi connectivity index (χ0n) is 9.18. The van der Waals surface area contributed by atoms with Crippen LogP contribution in [0, 0.1) is 0 Å². The molecule has 0 unspecified atom stereocenters. The Morgan fingerprint density at radius 3 is 2.69 bits per heavy atom. The molecule has 0 saturated carbocycles. The summed E-state index contributed by atoms with van der Waals surface area (Å²) in [4.78, 5) is 11.2. The predicted octanol–water partition coefficient (Wildman–Crippen LogP) is 3.05. The summed E-state index contributed by atoms with van der Waals surface area (Å²) in [6.45, 7) is 0. The number of fused-ring (bicyclic) bond motifs is 1. The van der Waals surface area contributed by atoms with Crippen molar-refractivity contribution in [1.82, 2.24) is 5.32 Å². The molecule has 3 nitrogen and oxygen atoms in total. The van der Waals surface area contributed by atoms with E-state index in [2.05, 4.69) is 21.2 Å². The van der Waals surface area contributed by atoms with Gasteiger partial charge in [-0.25, -0.2) is 4.79 Å². The number of hydrogen-bond donors (Lipinski definition) is 1. The van der Waals surface area contributed by atoms with Crippen molar-refractivity contribution in [2.45, 2.75) is 25.7 Å².